The first-order valence-electron chi connectivity index (χ1n) is 10.2. The monoisotopic (exact) mass is 522 g/mol. The van der Waals surface area contributed by atoms with Crippen molar-refractivity contribution in [3.05, 3.63) is 82.1 Å². The molecular formula is C24H19Cl2F3N4O2. The maximum atomic E-state index is 14.1. The second kappa shape index (κ2) is 11.4. The van der Waals surface area contributed by atoms with Gasteiger partial charge in [0, 0.05) is 12.4 Å². The fraction of sp³-hybridized carbons (Fsp3) is 0.208. The van der Waals surface area contributed by atoms with E-state index in [0.29, 0.717) is 11.1 Å². The fourth-order valence-electron chi connectivity index (χ4n) is 3.43. The molecule has 0 aliphatic heterocycles. The number of halogens is 5. The van der Waals surface area contributed by atoms with Crippen LogP contribution < -0.4 is 10.6 Å². The number of hydrogen-bond donors (Lipinski definition) is 3. The van der Waals surface area contributed by atoms with Crippen LogP contribution in [0.5, 0.6) is 5.75 Å². The van der Waals surface area contributed by atoms with Gasteiger partial charge in [0.2, 0.25) is 5.91 Å². The van der Waals surface area contributed by atoms with E-state index >= 15 is 0 Å². The smallest absolute Gasteiger partial charge is 0.407 e. The summed E-state index contributed by atoms with van der Waals surface area (Å²) in [6.45, 7) is -0.384. The van der Waals surface area contributed by atoms with Gasteiger partial charge in [-0.05, 0) is 46.9 Å². The zero-order valence-corrected chi connectivity index (χ0v) is 19.5. The van der Waals surface area contributed by atoms with Gasteiger partial charge in [0.15, 0.2) is 5.75 Å². The highest BCUT2D eigenvalue weighted by molar-refractivity contribution is 6.37. The van der Waals surface area contributed by atoms with Crippen molar-refractivity contribution < 1.29 is 23.1 Å². The van der Waals surface area contributed by atoms with Crippen LogP contribution in [0, 0.1) is 11.3 Å². The lowest BCUT2D eigenvalue weighted by Crippen LogP contribution is -2.50. The number of hydrogen-bond acceptors (Lipinski definition) is 5. The van der Waals surface area contributed by atoms with Crippen molar-refractivity contribution >= 4 is 29.1 Å². The molecule has 3 N–H and O–H groups in total. The van der Waals surface area contributed by atoms with E-state index in [-0.39, 0.29) is 34.3 Å². The van der Waals surface area contributed by atoms with Gasteiger partial charge >= 0.3 is 6.18 Å². The van der Waals surface area contributed by atoms with Crippen LogP contribution in [0.25, 0.3) is 11.1 Å². The van der Waals surface area contributed by atoms with Crippen LogP contribution in [0.4, 0.5) is 13.2 Å². The number of aromatic hydroxyl groups is 1. The predicted octanol–water partition coefficient (Wildman–Crippen LogP) is 5.21. The molecule has 1 aromatic heterocycles. The summed E-state index contributed by atoms with van der Waals surface area (Å²) in [6, 6.07) is 9.97. The van der Waals surface area contributed by atoms with Crippen molar-refractivity contribution in [1.29, 1.82) is 5.26 Å². The number of amides is 1. The van der Waals surface area contributed by atoms with Crippen LogP contribution in [-0.2, 0) is 11.2 Å². The second-order valence-corrected chi connectivity index (χ2v) is 8.36. The molecule has 182 valence electrons. The van der Waals surface area contributed by atoms with Crippen LogP contribution in [0.15, 0.2) is 60.9 Å². The third-order valence-corrected chi connectivity index (χ3v) is 5.68. The van der Waals surface area contributed by atoms with Crippen molar-refractivity contribution in [3.63, 3.8) is 0 Å². The van der Waals surface area contributed by atoms with Gasteiger partial charge in [-0.2, -0.15) is 18.4 Å². The number of pyridine rings is 1. The number of nitrogens with one attached hydrogen (secondary N) is 2. The number of aromatic nitrogens is 1. The molecule has 6 nitrogen and oxygen atoms in total. The molecule has 0 aliphatic carbocycles. The van der Waals surface area contributed by atoms with E-state index in [1.54, 1.807) is 30.6 Å². The number of nitriles is 1. The van der Waals surface area contributed by atoms with Gasteiger partial charge in [-0.3, -0.25) is 15.1 Å². The van der Waals surface area contributed by atoms with E-state index in [9.17, 15) is 23.1 Å². The van der Waals surface area contributed by atoms with Gasteiger partial charge in [-0.15, -0.1) is 0 Å². The minimum absolute atomic E-state index is 0.106. The summed E-state index contributed by atoms with van der Waals surface area (Å²) in [6.07, 6.45) is -1.80. The molecule has 3 rings (SSSR count). The van der Waals surface area contributed by atoms with Crippen LogP contribution in [0.1, 0.15) is 17.2 Å². The van der Waals surface area contributed by atoms with Gasteiger partial charge in [0.1, 0.15) is 12.6 Å². The summed E-state index contributed by atoms with van der Waals surface area (Å²) in [7, 11) is 0. The Labute approximate surface area is 209 Å². The van der Waals surface area contributed by atoms with Crippen LogP contribution in [0.3, 0.4) is 0 Å². The molecule has 2 aromatic carbocycles. The van der Waals surface area contributed by atoms with Crippen molar-refractivity contribution in [2.24, 2.45) is 0 Å². The number of phenols is 1. The van der Waals surface area contributed by atoms with Gasteiger partial charge in [0.25, 0.3) is 0 Å². The molecule has 1 amide bonds. The molecule has 2 atom stereocenters. The van der Waals surface area contributed by atoms with Gasteiger partial charge in [0.05, 0.1) is 22.2 Å². The third-order valence-electron chi connectivity index (χ3n) is 5.11. The molecule has 1 heterocycles. The summed E-state index contributed by atoms with van der Waals surface area (Å²) >= 11 is 11.8. The molecule has 3 aromatic rings. The number of nitrogens with zero attached hydrogens (tertiary/aromatic N) is 2. The summed E-state index contributed by atoms with van der Waals surface area (Å²) in [4.78, 5) is 16.7. The first-order valence-corrected chi connectivity index (χ1v) is 11.0. The quantitative estimate of drug-likeness (QED) is 0.353. The molecule has 11 heteroatoms. The average molecular weight is 523 g/mol. The lowest BCUT2D eigenvalue weighted by molar-refractivity contribution is -0.160. The number of phenolic OH excluding ortho intramolecular Hbond substituents is 1. The lowest BCUT2D eigenvalue weighted by atomic mass is 9.98. The van der Waals surface area contributed by atoms with Crippen molar-refractivity contribution in [1.82, 2.24) is 15.6 Å². The maximum Gasteiger partial charge on any atom is 0.407 e. The number of carbonyl (C=O) groups is 1. The number of alkyl halides is 3. The van der Waals surface area contributed by atoms with E-state index in [2.05, 4.69) is 15.6 Å². The predicted molar refractivity (Wildman–Crippen MR) is 126 cm³/mol. The highest BCUT2D eigenvalue weighted by Gasteiger charge is 2.42. The second-order valence-electron chi connectivity index (χ2n) is 7.55. The Kier molecular flexibility index (Phi) is 8.57. The summed E-state index contributed by atoms with van der Waals surface area (Å²) in [5, 5.41) is 22.9. The van der Waals surface area contributed by atoms with Gasteiger partial charge < -0.3 is 10.4 Å². The molecule has 0 aliphatic rings. The highest BCUT2D eigenvalue weighted by Crippen LogP contribution is 2.36. The highest BCUT2D eigenvalue weighted by atomic mass is 35.5. The standard InChI is InChI=1S/C24H19Cl2F3N4O2/c25-18-10-14(11-19(26)21(18)34)12-20(23(35)32-9-7-30)33-22(24(27,28)29)16-5-3-15(4-6-16)17-2-1-8-31-13-17/h1-6,8,10-11,13,20,22,33-34H,9,12H2,(H,32,35)/t20-,22-/m0/s1. The number of rotatable bonds is 8. The maximum absolute atomic E-state index is 14.1. The fourth-order valence-corrected chi connectivity index (χ4v) is 3.96. The Bertz CT molecular complexity index is 1190. The van der Waals surface area contributed by atoms with E-state index in [1.165, 1.54) is 36.4 Å². The topological polar surface area (TPSA) is 98.0 Å². The number of benzene rings is 2. The lowest BCUT2D eigenvalue weighted by Gasteiger charge is -2.27. The van der Waals surface area contributed by atoms with Crippen LogP contribution >= 0.6 is 23.2 Å². The first kappa shape index (κ1) is 26.3. The zero-order valence-electron chi connectivity index (χ0n) is 18.0. The Morgan fingerprint density at radius 2 is 1.77 bits per heavy atom. The number of carbonyl (C=O) groups excluding carboxylic acids is 1. The largest absolute Gasteiger partial charge is 0.505 e. The molecular weight excluding hydrogens is 504 g/mol. The molecule has 0 fully saturated rings. The van der Waals surface area contributed by atoms with Crippen LogP contribution in [-0.4, -0.2) is 34.8 Å². The van der Waals surface area contributed by atoms with E-state index in [0.717, 1.165) is 5.56 Å². The first-order chi connectivity index (χ1) is 16.6. The van der Waals surface area contributed by atoms with Crippen molar-refractivity contribution in [2.75, 3.05) is 6.54 Å². The Morgan fingerprint density at radius 1 is 1.11 bits per heavy atom. The van der Waals surface area contributed by atoms with Crippen molar-refractivity contribution in [2.45, 2.75) is 24.7 Å². The third kappa shape index (κ3) is 6.85. The molecule has 0 spiro atoms. The molecule has 0 saturated heterocycles. The van der Waals surface area contributed by atoms with E-state index in [1.807, 2.05) is 0 Å². The Hall–Kier alpha value is -3.32. The summed E-state index contributed by atoms with van der Waals surface area (Å²) in [5.74, 6) is -1.19. The van der Waals surface area contributed by atoms with E-state index in [4.69, 9.17) is 28.5 Å². The molecule has 0 radical (unpaired) electrons. The minimum atomic E-state index is -4.74. The Morgan fingerprint density at radius 3 is 2.31 bits per heavy atom. The minimum Gasteiger partial charge on any atom is -0.505 e. The summed E-state index contributed by atoms with van der Waals surface area (Å²) < 4.78 is 42.3. The zero-order chi connectivity index (χ0) is 25.6. The molecule has 0 unspecified atom stereocenters. The van der Waals surface area contributed by atoms with Crippen molar-refractivity contribution in [3.8, 4) is 22.9 Å². The van der Waals surface area contributed by atoms with Gasteiger partial charge in [-0.25, -0.2) is 0 Å². The Balaban J connectivity index is 1.92. The SMILES string of the molecule is N#CCNC(=O)[C@H](Cc1cc(Cl)c(O)c(Cl)c1)N[C@@H](c1ccc(-c2cccnc2)cc1)C(F)(F)F. The van der Waals surface area contributed by atoms with Crippen LogP contribution in [0.2, 0.25) is 10.0 Å². The normalized spacial score (nSPS) is 13.0. The molecule has 0 bridgehead atoms. The van der Waals surface area contributed by atoms with Gasteiger partial charge in [-0.1, -0.05) is 53.5 Å². The van der Waals surface area contributed by atoms with E-state index < -0.39 is 24.2 Å². The summed E-state index contributed by atoms with van der Waals surface area (Å²) in [5.41, 5.74) is 1.63. The molecule has 35 heavy (non-hydrogen) atoms. The average Bonchev–Trinajstić information content (AvgIpc) is 2.83. The molecule has 0 saturated carbocycles.